The number of ether oxygens (including phenoxy) is 3. The minimum atomic E-state index is -0.635. The molecule has 6 heteroatoms. The number of hydrogen-bond acceptors (Lipinski definition) is 6. The van der Waals surface area contributed by atoms with Crippen molar-refractivity contribution in [2.24, 2.45) is 0 Å². The SMILES string of the molecule is C[C@H](CO)N(CCCCCCOCCCCc1ccccc1)C[C@@H](O)c1ccc2c(c1)COC(C)(C)O2. The maximum atomic E-state index is 10.9. The van der Waals surface area contributed by atoms with Gasteiger partial charge in [0.05, 0.1) is 19.3 Å². The van der Waals surface area contributed by atoms with E-state index in [2.05, 4.69) is 35.2 Å². The van der Waals surface area contributed by atoms with Gasteiger partial charge in [0, 0.05) is 45.2 Å². The van der Waals surface area contributed by atoms with Gasteiger partial charge in [-0.05, 0) is 68.8 Å². The Morgan fingerprint density at radius 2 is 1.70 bits per heavy atom. The van der Waals surface area contributed by atoms with Gasteiger partial charge < -0.3 is 24.4 Å². The Hall–Kier alpha value is -1.96. The monoisotopic (exact) mass is 513 g/mol. The molecule has 0 unspecified atom stereocenters. The van der Waals surface area contributed by atoms with Gasteiger partial charge >= 0.3 is 0 Å². The van der Waals surface area contributed by atoms with E-state index in [-0.39, 0.29) is 12.6 Å². The van der Waals surface area contributed by atoms with E-state index in [1.54, 1.807) is 0 Å². The van der Waals surface area contributed by atoms with Crippen LogP contribution < -0.4 is 4.74 Å². The summed E-state index contributed by atoms with van der Waals surface area (Å²) in [6.45, 7) is 9.35. The molecule has 0 amide bonds. The number of unbranched alkanes of at least 4 members (excludes halogenated alkanes) is 4. The Morgan fingerprint density at radius 1 is 0.973 bits per heavy atom. The number of nitrogens with zero attached hydrogens (tertiary/aromatic N) is 1. The lowest BCUT2D eigenvalue weighted by Gasteiger charge is -2.33. The van der Waals surface area contributed by atoms with Crippen LogP contribution in [0.25, 0.3) is 0 Å². The summed E-state index contributed by atoms with van der Waals surface area (Å²) in [5.74, 6) is 0.179. The van der Waals surface area contributed by atoms with Crippen molar-refractivity contribution in [1.82, 2.24) is 4.90 Å². The lowest BCUT2D eigenvalue weighted by molar-refractivity contribution is -0.180. The Labute approximate surface area is 223 Å². The fourth-order valence-electron chi connectivity index (χ4n) is 4.65. The van der Waals surface area contributed by atoms with Crippen molar-refractivity contribution in [2.45, 2.75) is 90.3 Å². The first-order chi connectivity index (χ1) is 17.9. The van der Waals surface area contributed by atoms with Gasteiger partial charge in [-0.15, -0.1) is 0 Å². The van der Waals surface area contributed by atoms with Gasteiger partial charge in [-0.3, -0.25) is 4.90 Å². The number of aliphatic hydroxyl groups is 2. The number of rotatable bonds is 17. The molecular formula is C31H47NO5. The van der Waals surface area contributed by atoms with Crippen LogP contribution in [0.15, 0.2) is 48.5 Å². The zero-order valence-electron chi connectivity index (χ0n) is 23.0. The summed E-state index contributed by atoms with van der Waals surface area (Å²) in [6, 6.07) is 16.4. The Balaban J connectivity index is 1.30. The number of fused-ring (bicyclic) bond motifs is 1. The molecule has 0 saturated carbocycles. The van der Waals surface area contributed by atoms with E-state index < -0.39 is 11.9 Å². The van der Waals surface area contributed by atoms with Gasteiger partial charge in [-0.25, -0.2) is 0 Å². The van der Waals surface area contributed by atoms with Crippen molar-refractivity contribution in [1.29, 1.82) is 0 Å². The van der Waals surface area contributed by atoms with Gasteiger partial charge in [0.2, 0.25) is 5.79 Å². The minimum Gasteiger partial charge on any atom is -0.463 e. The third-order valence-corrected chi connectivity index (χ3v) is 7.03. The maximum absolute atomic E-state index is 10.9. The predicted octanol–water partition coefficient (Wildman–Crippen LogP) is 5.65. The molecule has 206 valence electrons. The van der Waals surface area contributed by atoms with Gasteiger partial charge in [0.1, 0.15) is 5.75 Å². The standard InChI is InChI=1S/C31H47NO5/c1-25(23-33)32(22-29(34)27-16-17-30-28(21-27)24-36-31(2,3)37-30)18-10-4-5-11-19-35-20-12-9-15-26-13-7-6-8-14-26/h6-8,13-14,16-17,21,25,29,33-34H,4-5,9-12,15,18-20,22-24H2,1-3H3/t25-,29-/m1/s1. The molecule has 2 aromatic carbocycles. The Morgan fingerprint density at radius 3 is 2.46 bits per heavy atom. The van der Waals surface area contributed by atoms with Crippen LogP contribution in [-0.2, 0) is 22.5 Å². The van der Waals surface area contributed by atoms with Crippen molar-refractivity contribution in [3.05, 3.63) is 65.2 Å². The topological polar surface area (TPSA) is 71.4 Å². The zero-order valence-corrected chi connectivity index (χ0v) is 23.0. The van der Waals surface area contributed by atoms with Gasteiger partial charge in [0.15, 0.2) is 0 Å². The summed E-state index contributed by atoms with van der Waals surface area (Å²) in [5.41, 5.74) is 3.20. The molecule has 1 aliphatic heterocycles. The molecule has 3 rings (SSSR count). The first kappa shape index (κ1) is 29.6. The molecule has 0 aliphatic carbocycles. The van der Waals surface area contributed by atoms with Crippen LogP contribution in [0.5, 0.6) is 5.75 Å². The quantitative estimate of drug-likeness (QED) is 0.267. The van der Waals surface area contributed by atoms with E-state index >= 15 is 0 Å². The maximum Gasteiger partial charge on any atom is 0.205 e. The highest BCUT2D eigenvalue weighted by Crippen LogP contribution is 2.33. The molecule has 2 N–H and O–H groups in total. The van der Waals surface area contributed by atoms with Crippen molar-refractivity contribution < 1.29 is 24.4 Å². The molecule has 6 nitrogen and oxygen atoms in total. The minimum absolute atomic E-state index is 0.000961. The largest absolute Gasteiger partial charge is 0.463 e. The van der Waals surface area contributed by atoms with E-state index in [4.69, 9.17) is 14.2 Å². The van der Waals surface area contributed by atoms with E-state index in [0.717, 1.165) is 75.2 Å². The van der Waals surface area contributed by atoms with Gasteiger partial charge in [-0.2, -0.15) is 0 Å². The van der Waals surface area contributed by atoms with Crippen molar-refractivity contribution >= 4 is 0 Å². The van der Waals surface area contributed by atoms with E-state index in [1.165, 1.54) is 12.0 Å². The highest BCUT2D eigenvalue weighted by atomic mass is 16.7. The highest BCUT2D eigenvalue weighted by molar-refractivity contribution is 5.39. The smallest absolute Gasteiger partial charge is 0.205 e. The molecule has 37 heavy (non-hydrogen) atoms. The molecule has 2 atom stereocenters. The summed E-state index contributed by atoms with van der Waals surface area (Å²) in [5, 5.41) is 20.7. The van der Waals surface area contributed by atoms with Crippen LogP contribution in [-0.4, -0.2) is 59.9 Å². The summed E-state index contributed by atoms with van der Waals surface area (Å²) >= 11 is 0. The Kier molecular flexibility index (Phi) is 12.4. The number of benzene rings is 2. The molecule has 2 aromatic rings. The van der Waals surface area contributed by atoms with Crippen LogP contribution in [0.3, 0.4) is 0 Å². The van der Waals surface area contributed by atoms with E-state index in [1.807, 2.05) is 39.0 Å². The summed E-state index contributed by atoms with van der Waals surface area (Å²) in [4.78, 5) is 2.18. The fraction of sp³-hybridized carbons (Fsp3) is 0.613. The van der Waals surface area contributed by atoms with Gasteiger partial charge in [-0.1, -0.05) is 49.2 Å². The van der Waals surface area contributed by atoms with Crippen LogP contribution in [0.1, 0.15) is 82.1 Å². The third kappa shape index (κ3) is 10.4. The van der Waals surface area contributed by atoms with Crippen molar-refractivity contribution in [3.8, 4) is 5.75 Å². The number of hydrogen-bond donors (Lipinski definition) is 2. The van der Waals surface area contributed by atoms with Crippen LogP contribution in [0, 0.1) is 0 Å². The summed E-state index contributed by atoms with van der Waals surface area (Å²) in [7, 11) is 0. The second kappa shape index (κ2) is 15.5. The van der Waals surface area contributed by atoms with Crippen LogP contribution in [0.4, 0.5) is 0 Å². The molecule has 0 radical (unpaired) electrons. The molecule has 1 aliphatic rings. The molecule has 1 heterocycles. The number of aliphatic hydroxyl groups excluding tert-OH is 2. The molecule has 0 spiro atoms. The summed E-state index contributed by atoms with van der Waals surface area (Å²) in [6.07, 6.45) is 7.12. The first-order valence-electron chi connectivity index (χ1n) is 14.0. The molecule has 0 aromatic heterocycles. The van der Waals surface area contributed by atoms with Crippen LogP contribution >= 0.6 is 0 Å². The fourth-order valence-corrected chi connectivity index (χ4v) is 4.65. The molecule has 0 fully saturated rings. The zero-order chi connectivity index (χ0) is 26.5. The lowest BCUT2D eigenvalue weighted by atomic mass is 10.0. The summed E-state index contributed by atoms with van der Waals surface area (Å²) < 4.78 is 17.4. The third-order valence-electron chi connectivity index (χ3n) is 7.03. The average molecular weight is 514 g/mol. The van der Waals surface area contributed by atoms with Crippen molar-refractivity contribution in [3.63, 3.8) is 0 Å². The van der Waals surface area contributed by atoms with Crippen LogP contribution in [0.2, 0.25) is 0 Å². The highest BCUT2D eigenvalue weighted by Gasteiger charge is 2.28. The molecule has 0 saturated heterocycles. The first-order valence-corrected chi connectivity index (χ1v) is 14.0. The predicted molar refractivity (Wildman–Crippen MR) is 148 cm³/mol. The second-order valence-electron chi connectivity index (χ2n) is 10.7. The Bertz CT molecular complexity index is 904. The molecular weight excluding hydrogens is 466 g/mol. The normalized spacial score (nSPS) is 16.3. The number of aryl methyl sites for hydroxylation is 1. The van der Waals surface area contributed by atoms with E-state index in [9.17, 15) is 10.2 Å². The van der Waals surface area contributed by atoms with Crippen molar-refractivity contribution in [2.75, 3.05) is 32.9 Å². The van der Waals surface area contributed by atoms with E-state index in [0.29, 0.717) is 13.2 Å². The molecule has 0 bridgehead atoms. The van der Waals surface area contributed by atoms with Gasteiger partial charge in [0.25, 0.3) is 0 Å². The average Bonchev–Trinajstić information content (AvgIpc) is 2.90. The lowest BCUT2D eigenvalue weighted by Crippen LogP contribution is -2.39. The second-order valence-corrected chi connectivity index (χ2v) is 10.7.